The summed E-state index contributed by atoms with van der Waals surface area (Å²) < 4.78 is 14.2. The van der Waals surface area contributed by atoms with Crippen molar-refractivity contribution in [2.24, 2.45) is 5.92 Å². The van der Waals surface area contributed by atoms with Crippen LogP contribution in [-0.2, 0) is 4.79 Å². The third kappa shape index (κ3) is 3.47. The first-order valence-corrected chi connectivity index (χ1v) is 7.00. The van der Waals surface area contributed by atoms with Crippen molar-refractivity contribution in [2.75, 3.05) is 18.4 Å². The molecule has 1 aromatic rings. The van der Waals surface area contributed by atoms with E-state index in [4.69, 9.17) is 5.11 Å². The number of carboxylic acids is 1. The quantitative estimate of drug-likeness (QED) is 0.866. The van der Waals surface area contributed by atoms with Gasteiger partial charge in [0, 0.05) is 17.6 Å². The number of piperidine rings is 1. The number of halogens is 2. The van der Waals surface area contributed by atoms with Crippen LogP contribution < -0.4 is 5.32 Å². The molecule has 0 bridgehead atoms. The first-order valence-electron chi connectivity index (χ1n) is 6.21. The highest BCUT2D eigenvalue weighted by molar-refractivity contribution is 9.10. The van der Waals surface area contributed by atoms with Crippen molar-refractivity contribution >= 4 is 33.6 Å². The average molecular weight is 345 g/mol. The molecular formula is C13H14BrFN2O3. The summed E-state index contributed by atoms with van der Waals surface area (Å²) in [4.78, 5) is 24.4. The van der Waals surface area contributed by atoms with Crippen LogP contribution in [0.15, 0.2) is 22.7 Å². The fourth-order valence-corrected chi connectivity index (χ4v) is 2.51. The zero-order valence-electron chi connectivity index (χ0n) is 10.6. The van der Waals surface area contributed by atoms with Crippen molar-refractivity contribution in [3.05, 3.63) is 28.5 Å². The Bertz CT molecular complexity index is 538. The van der Waals surface area contributed by atoms with E-state index in [-0.39, 0.29) is 12.2 Å². The number of carbonyl (C=O) groups is 2. The van der Waals surface area contributed by atoms with Gasteiger partial charge in [0.05, 0.1) is 11.6 Å². The van der Waals surface area contributed by atoms with E-state index in [1.807, 2.05) is 0 Å². The topological polar surface area (TPSA) is 69.6 Å². The van der Waals surface area contributed by atoms with Gasteiger partial charge in [0.1, 0.15) is 5.82 Å². The van der Waals surface area contributed by atoms with Crippen LogP contribution in [0.25, 0.3) is 0 Å². The molecule has 0 spiro atoms. The van der Waals surface area contributed by atoms with Crippen LogP contribution in [0.1, 0.15) is 12.8 Å². The second kappa shape index (κ2) is 6.21. The predicted octanol–water partition coefficient (Wildman–Crippen LogP) is 2.92. The third-order valence-corrected chi connectivity index (χ3v) is 3.72. The number of rotatable bonds is 2. The van der Waals surface area contributed by atoms with Crippen LogP contribution in [0, 0.1) is 11.7 Å². The van der Waals surface area contributed by atoms with E-state index in [0.717, 1.165) is 0 Å². The summed E-state index contributed by atoms with van der Waals surface area (Å²) in [6, 6.07) is 3.77. The molecule has 20 heavy (non-hydrogen) atoms. The van der Waals surface area contributed by atoms with E-state index in [1.165, 1.54) is 23.1 Å². The molecule has 1 fully saturated rings. The summed E-state index contributed by atoms with van der Waals surface area (Å²) in [7, 11) is 0. The van der Waals surface area contributed by atoms with Gasteiger partial charge in [-0.25, -0.2) is 9.18 Å². The van der Waals surface area contributed by atoms with Gasteiger partial charge in [-0.2, -0.15) is 0 Å². The second-order valence-electron chi connectivity index (χ2n) is 4.68. The largest absolute Gasteiger partial charge is 0.481 e. The Hall–Kier alpha value is -1.63. The molecule has 2 N–H and O–H groups in total. The Labute approximate surface area is 123 Å². The van der Waals surface area contributed by atoms with Crippen molar-refractivity contribution in [2.45, 2.75) is 12.8 Å². The van der Waals surface area contributed by atoms with E-state index in [2.05, 4.69) is 21.2 Å². The maximum atomic E-state index is 13.6. The smallest absolute Gasteiger partial charge is 0.321 e. The minimum absolute atomic E-state index is 0.0711. The lowest BCUT2D eigenvalue weighted by Crippen LogP contribution is -2.44. The third-order valence-electron chi connectivity index (χ3n) is 3.23. The van der Waals surface area contributed by atoms with Crippen LogP contribution in [0.2, 0.25) is 0 Å². The average Bonchev–Trinajstić information content (AvgIpc) is 2.43. The Balaban J connectivity index is 2.04. The van der Waals surface area contributed by atoms with Crippen molar-refractivity contribution in [3.63, 3.8) is 0 Å². The molecule has 1 aliphatic rings. The normalized spacial score (nSPS) is 18.7. The number of hydrogen-bond donors (Lipinski definition) is 2. The predicted molar refractivity (Wildman–Crippen MR) is 75.1 cm³/mol. The fourth-order valence-electron chi connectivity index (χ4n) is 2.15. The first-order chi connectivity index (χ1) is 9.47. The number of aliphatic carboxylic acids is 1. The zero-order chi connectivity index (χ0) is 14.7. The van der Waals surface area contributed by atoms with E-state index in [0.29, 0.717) is 23.9 Å². The van der Waals surface area contributed by atoms with E-state index >= 15 is 0 Å². The number of anilines is 1. The van der Waals surface area contributed by atoms with Crippen LogP contribution in [0.3, 0.4) is 0 Å². The van der Waals surface area contributed by atoms with Gasteiger partial charge in [-0.3, -0.25) is 4.79 Å². The maximum absolute atomic E-state index is 13.6. The zero-order valence-corrected chi connectivity index (χ0v) is 12.2. The van der Waals surface area contributed by atoms with Crippen LogP contribution >= 0.6 is 15.9 Å². The first kappa shape index (κ1) is 14.8. The molecule has 1 aromatic carbocycles. The number of likely N-dealkylation sites (tertiary alicyclic amines) is 1. The van der Waals surface area contributed by atoms with Crippen LogP contribution in [-0.4, -0.2) is 35.1 Å². The van der Waals surface area contributed by atoms with Gasteiger partial charge in [-0.1, -0.05) is 15.9 Å². The molecular weight excluding hydrogens is 331 g/mol. The Kier molecular flexibility index (Phi) is 4.59. The highest BCUT2D eigenvalue weighted by Crippen LogP contribution is 2.22. The number of urea groups is 1. The number of amides is 2. The number of hydrogen-bond acceptors (Lipinski definition) is 2. The molecule has 0 radical (unpaired) electrons. The number of carboxylic acid groups (broad SMARTS) is 1. The molecule has 1 atom stereocenters. The number of benzene rings is 1. The standard InChI is InChI=1S/C13H14BrFN2O3/c14-9-3-4-10(15)11(6-9)16-13(20)17-5-1-2-8(7-17)12(18)19/h3-4,6,8H,1-2,5,7H2,(H,16,20)(H,18,19)/t8-/m1/s1. The fraction of sp³-hybridized carbons (Fsp3) is 0.385. The Morgan fingerprint density at radius 2 is 2.20 bits per heavy atom. The summed E-state index contributed by atoms with van der Waals surface area (Å²) in [6.45, 7) is 0.627. The summed E-state index contributed by atoms with van der Waals surface area (Å²) in [6.07, 6.45) is 1.19. The van der Waals surface area contributed by atoms with Gasteiger partial charge in [-0.15, -0.1) is 0 Å². The molecule has 1 aliphatic heterocycles. The summed E-state index contributed by atoms with van der Waals surface area (Å²) in [5.74, 6) is -1.99. The van der Waals surface area contributed by atoms with Gasteiger partial charge in [0.15, 0.2) is 0 Å². The highest BCUT2D eigenvalue weighted by Gasteiger charge is 2.28. The summed E-state index contributed by atoms with van der Waals surface area (Å²) in [5.41, 5.74) is 0.0711. The molecule has 1 saturated heterocycles. The van der Waals surface area contributed by atoms with Crippen LogP contribution in [0.4, 0.5) is 14.9 Å². The van der Waals surface area contributed by atoms with Gasteiger partial charge >= 0.3 is 12.0 Å². The second-order valence-corrected chi connectivity index (χ2v) is 5.59. The van der Waals surface area contributed by atoms with Crippen LogP contribution in [0.5, 0.6) is 0 Å². The molecule has 0 aliphatic carbocycles. The molecule has 5 nitrogen and oxygen atoms in total. The lowest BCUT2D eigenvalue weighted by atomic mass is 9.99. The number of nitrogens with one attached hydrogen (secondary N) is 1. The van der Waals surface area contributed by atoms with Gasteiger partial charge in [0.25, 0.3) is 0 Å². The SMILES string of the molecule is O=C(O)[C@@H]1CCCN(C(=O)Nc2cc(Br)ccc2F)C1. The summed E-state index contributed by atoms with van der Waals surface area (Å²) >= 11 is 3.20. The number of nitrogens with zero attached hydrogens (tertiary/aromatic N) is 1. The van der Waals surface area contributed by atoms with Crippen molar-refractivity contribution in [1.29, 1.82) is 0 Å². The van der Waals surface area contributed by atoms with E-state index in [1.54, 1.807) is 0 Å². The molecule has 7 heteroatoms. The molecule has 108 valence electrons. The highest BCUT2D eigenvalue weighted by atomic mass is 79.9. The van der Waals surface area contributed by atoms with Crippen molar-refractivity contribution in [1.82, 2.24) is 4.90 Å². The molecule has 2 amide bonds. The Morgan fingerprint density at radius 3 is 2.90 bits per heavy atom. The van der Waals surface area contributed by atoms with Crippen molar-refractivity contribution in [3.8, 4) is 0 Å². The maximum Gasteiger partial charge on any atom is 0.321 e. The summed E-state index contributed by atoms with van der Waals surface area (Å²) in [5, 5.41) is 11.5. The number of carbonyl (C=O) groups excluding carboxylic acids is 1. The van der Waals surface area contributed by atoms with Crippen molar-refractivity contribution < 1.29 is 19.1 Å². The molecule has 0 aromatic heterocycles. The van der Waals surface area contributed by atoms with Gasteiger partial charge in [-0.05, 0) is 31.0 Å². The van der Waals surface area contributed by atoms with E-state index in [9.17, 15) is 14.0 Å². The van der Waals surface area contributed by atoms with E-state index < -0.39 is 23.7 Å². The lowest BCUT2D eigenvalue weighted by molar-refractivity contribution is -0.143. The minimum Gasteiger partial charge on any atom is -0.481 e. The molecule has 0 saturated carbocycles. The minimum atomic E-state index is -0.906. The lowest BCUT2D eigenvalue weighted by Gasteiger charge is -2.30. The monoisotopic (exact) mass is 344 g/mol. The van der Waals surface area contributed by atoms with Gasteiger partial charge < -0.3 is 15.3 Å². The molecule has 0 unspecified atom stereocenters. The van der Waals surface area contributed by atoms with Gasteiger partial charge in [0.2, 0.25) is 0 Å². The Morgan fingerprint density at radius 1 is 1.45 bits per heavy atom. The molecule has 2 rings (SSSR count). The molecule has 1 heterocycles.